The van der Waals surface area contributed by atoms with Gasteiger partial charge >= 0.3 is 0 Å². The van der Waals surface area contributed by atoms with Crippen molar-refractivity contribution in [2.24, 2.45) is 0 Å². The lowest BCUT2D eigenvalue weighted by molar-refractivity contribution is 1.22. The Morgan fingerprint density at radius 3 is 3.00 bits per heavy atom. The van der Waals surface area contributed by atoms with E-state index in [1.54, 1.807) is 0 Å². The van der Waals surface area contributed by atoms with Crippen LogP contribution in [0.4, 0.5) is 0 Å². The fourth-order valence-corrected chi connectivity index (χ4v) is 1.30. The summed E-state index contributed by atoms with van der Waals surface area (Å²) in [5, 5.41) is 2.19. The predicted octanol–water partition coefficient (Wildman–Crippen LogP) is 2.60. The lowest BCUT2D eigenvalue weighted by Crippen LogP contribution is -1.83. The van der Waals surface area contributed by atoms with Gasteiger partial charge in [-0.2, -0.15) is 0 Å². The molecule has 0 aliphatic heterocycles. The fourth-order valence-electron chi connectivity index (χ4n) is 1.30. The number of fused-ring (bicyclic) bond motifs is 1. The minimum atomic E-state index is 0.818. The highest BCUT2D eigenvalue weighted by Gasteiger charge is 1.96. The van der Waals surface area contributed by atoms with Crippen LogP contribution in [0, 0.1) is 13.8 Å². The molecule has 1 aromatic heterocycles. The second-order valence-electron chi connectivity index (χ2n) is 2.89. The second-order valence-corrected chi connectivity index (χ2v) is 2.89. The molecule has 2 radical (unpaired) electrons. The molecule has 0 N–H and O–H groups in total. The first-order chi connectivity index (χ1) is 5.77. The Morgan fingerprint density at radius 1 is 1.33 bits per heavy atom. The molecule has 0 aliphatic rings. The van der Waals surface area contributed by atoms with Crippen molar-refractivity contribution >= 4 is 10.8 Å². The van der Waals surface area contributed by atoms with E-state index in [1.807, 2.05) is 37.4 Å². The summed E-state index contributed by atoms with van der Waals surface area (Å²) in [4.78, 5) is 4.19. The van der Waals surface area contributed by atoms with Gasteiger partial charge in [0.15, 0.2) is 0 Å². The normalized spacial score (nSPS) is 10.5. The van der Waals surface area contributed by atoms with Gasteiger partial charge in [-0.05, 0) is 30.9 Å². The minimum Gasteiger partial charge on any atom is -0.261 e. The van der Waals surface area contributed by atoms with Crippen LogP contribution < -0.4 is 0 Å². The SMILES string of the molecule is [CH]c1cccc2cnc(C)cc12. The summed E-state index contributed by atoms with van der Waals surface area (Å²) in [7, 11) is 0. The number of nitrogens with zero attached hydrogens (tertiary/aromatic N) is 1. The highest BCUT2D eigenvalue weighted by atomic mass is 14.6. The average Bonchev–Trinajstić information content (AvgIpc) is 2.07. The van der Waals surface area contributed by atoms with Crippen LogP contribution in [0.15, 0.2) is 30.5 Å². The fraction of sp³-hybridized carbons (Fsp3) is 0.0909. The zero-order valence-electron chi connectivity index (χ0n) is 6.91. The highest BCUT2D eigenvalue weighted by molar-refractivity contribution is 5.85. The molecular weight excluding hydrogens is 146 g/mol. The summed E-state index contributed by atoms with van der Waals surface area (Å²) < 4.78 is 0. The molecule has 0 bridgehead atoms. The van der Waals surface area contributed by atoms with Gasteiger partial charge in [0.05, 0.1) is 0 Å². The molecule has 0 saturated carbocycles. The quantitative estimate of drug-likeness (QED) is 0.569. The van der Waals surface area contributed by atoms with E-state index < -0.39 is 0 Å². The van der Waals surface area contributed by atoms with Crippen molar-refractivity contribution in [3.63, 3.8) is 0 Å². The number of hydrogen-bond acceptors (Lipinski definition) is 1. The van der Waals surface area contributed by atoms with Crippen molar-refractivity contribution in [1.29, 1.82) is 0 Å². The maximum atomic E-state index is 5.80. The van der Waals surface area contributed by atoms with E-state index in [4.69, 9.17) is 6.92 Å². The number of benzene rings is 1. The van der Waals surface area contributed by atoms with E-state index in [1.165, 1.54) is 0 Å². The van der Waals surface area contributed by atoms with Crippen molar-refractivity contribution in [1.82, 2.24) is 4.98 Å². The van der Waals surface area contributed by atoms with E-state index in [2.05, 4.69) is 4.98 Å². The van der Waals surface area contributed by atoms with Crippen molar-refractivity contribution in [3.8, 4) is 0 Å². The van der Waals surface area contributed by atoms with Crippen LogP contribution in [0.5, 0.6) is 0 Å². The summed E-state index contributed by atoms with van der Waals surface area (Å²) >= 11 is 0. The Bertz CT molecular complexity index is 418. The maximum Gasteiger partial charge on any atom is 0.0379 e. The van der Waals surface area contributed by atoms with Crippen molar-refractivity contribution in [2.75, 3.05) is 0 Å². The molecule has 1 aromatic carbocycles. The van der Waals surface area contributed by atoms with Gasteiger partial charge in [0.2, 0.25) is 0 Å². The first kappa shape index (κ1) is 7.29. The van der Waals surface area contributed by atoms with Crippen LogP contribution in [0.25, 0.3) is 10.8 Å². The zero-order chi connectivity index (χ0) is 8.55. The lowest BCUT2D eigenvalue weighted by Gasteiger charge is -2.00. The summed E-state index contributed by atoms with van der Waals surface area (Å²) in [6.07, 6.45) is 1.85. The Hall–Kier alpha value is -1.37. The van der Waals surface area contributed by atoms with Gasteiger partial charge in [0.1, 0.15) is 0 Å². The zero-order valence-corrected chi connectivity index (χ0v) is 6.91. The van der Waals surface area contributed by atoms with Crippen LogP contribution in [-0.2, 0) is 0 Å². The molecule has 0 aliphatic carbocycles. The van der Waals surface area contributed by atoms with Gasteiger partial charge in [0, 0.05) is 17.3 Å². The van der Waals surface area contributed by atoms with E-state index in [0.717, 1.165) is 22.0 Å². The minimum absolute atomic E-state index is 0.818. The Morgan fingerprint density at radius 2 is 2.17 bits per heavy atom. The molecule has 0 fully saturated rings. The molecule has 0 atom stereocenters. The largest absolute Gasteiger partial charge is 0.261 e. The van der Waals surface area contributed by atoms with E-state index >= 15 is 0 Å². The smallest absolute Gasteiger partial charge is 0.0379 e. The van der Waals surface area contributed by atoms with Gasteiger partial charge in [-0.3, -0.25) is 4.98 Å². The summed E-state index contributed by atoms with van der Waals surface area (Å²) in [5.41, 5.74) is 1.82. The molecule has 2 aromatic rings. The van der Waals surface area contributed by atoms with Crippen LogP contribution in [0.2, 0.25) is 0 Å². The molecular formula is C11H9N. The number of rotatable bonds is 0. The van der Waals surface area contributed by atoms with Crippen molar-refractivity contribution in [3.05, 3.63) is 48.6 Å². The first-order valence-corrected chi connectivity index (χ1v) is 3.88. The third kappa shape index (κ3) is 1.07. The summed E-state index contributed by atoms with van der Waals surface area (Å²) in [6.45, 7) is 7.76. The number of aryl methyl sites for hydroxylation is 1. The molecule has 0 spiro atoms. The number of hydrogen-bond donors (Lipinski definition) is 0. The highest BCUT2D eigenvalue weighted by Crippen LogP contribution is 2.17. The van der Waals surface area contributed by atoms with Crippen molar-refractivity contribution < 1.29 is 0 Å². The number of pyridine rings is 1. The molecule has 0 saturated heterocycles. The second kappa shape index (κ2) is 2.59. The Labute approximate surface area is 72.1 Å². The Kier molecular flexibility index (Phi) is 1.58. The van der Waals surface area contributed by atoms with E-state index in [9.17, 15) is 0 Å². The Balaban J connectivity index is 2.88. The van der Waals surface area contributed by atoms with Gasteiger partial charge < -0.3 is 0 Å². The standard InChI is InChI=1S/C11H9N/c1-8-4-3-5-10-7-12-9(2)6-11(8)10/h1,3-7H,2H3. The molecule has 12 heavy (non-hydrogen) atoms. The summed E-state index contributed by atoms with van der Waals surface area (Å²) in [6, 6.07) is 7.86. The molecule has 1 heteroatoms. The summed E-state index contributed by atoms with van der Waals surface area (Å²) in [5.74, 6) is 0. The van der Waals surface area contributed by atoms with Crippen LogP contribution >= 0.6 is 0 Å². The molecule has 0 unspecified atom stereocenters. The molecule has 0 amide bonds. The van der Waals surface area contributed by atoms with Gasteiger partial charge in [-0.15, -0.1) is 0 Å². The van der Waals surface area contributed by atoms with Gasteiger partial charge in [-0.1, -0.05) is 18.2 Å². The van der Waals surface area contributed by atoms with E-state index in [0.29, 0.717) is 0 Å². The average molecular weight is 155 g/mol. The van der Waals surface area contributed by atoms with Crippen LogP contribution in [-0.4, -0.2) is 4.98 Å². The maximum absolute atomic E-state index is 5.80. The van der Waals surface area contributed by atoms with Crippen molar-refractivity contribution in [2.45, 2.75) is 6.92 Å². The topological polar surface area (TPSA) is 12.9 Å². The molecule has 58 valence electrons. The number of aromatic nitrogens is 1. The van der Waals surface area contributed by atoms with Gasteiger partial charge in [-0.25, -0.2) is 0 Å². The third-order valence-electron chi connectivity index (χ3n) is 1.93. The molecule has 2 rings (SSSR count). The predicted molar refractivity (Wildman–Crippen MR) is 49.9 cm³/mol. The first-order valence-electron chi connectivity index (χ1n) is 3.88. The monoisotopic (exact) mass is 155 g/mol. The lowest BCUT2D eigenvalue weighted by atomic mass is 10.1. The molecule has 1 heterocycles. The van der Waals surface area contributed by atoms with Gasteiger partial charge in [0.25, 0.3) is 0 Å². The van der Waals surface area contributed by atoms with E-state index in [-0.39, 0.29) is 0 Å². The van der Waals surface area contributed by atoms with Crippen LogP contribution in [0.3, 0.4) is 0 Å². The molecule has 1 nitrogen and oxygen atoms in total. The third-order valence-corrected chi connectivity index (χ3v) is 1.93. The van der Waals surface area contributed by atoms with Crippen LogP contribution in [0.1, 0.15) is 11.3 Å².